The molecule has 1 unspecified atom stereocenters. The number of methoxy groups -OCH3 is 2. The fourth-order valence-corrected chi connectivity index (χ4v) is 4.57. The molecule has 8 heteroatoms. The van der Waals surface area contributed by atoms with Crippen molar-refractivity contribution in [1.82, 2.24) is 14.5 Å². The molecule has 0 spiro atoms. The van der Waals surface area contributed by atoms with Crippen LogP contribution in [0.4, 0.5) is 0 Å². The van der Waals surface area contributed by atoms with Crippen molar-refractivity contribution in [2.75, 3.05) is 21.3 Å². The van der Waals surface area contributed by atoms with Crippen LogP contribution < -0.4 is 15.0 Å². The highest BCUT2D eigenvalue weighted by Crippen LogP contribution is 2.37. The van der Waals surface area contributed by atoms with Crippen molar-refractivity contribution in [3.8, 4) is 17.2 Å². The summed E-state index contributed by atoms with van der Waals surface area (Å²) in [5, 5.41) is 0.463. The lowest BCUT2D eigenvalue weighted by atomic mass is 10.1. The summed E-state index contributed by atoms with van der Waals surface area (Å²) in [6.45, 7) is 3.75. The van der Waals surface area contributed by atoms with Gasteiger partial charge in [0.2, 0.25) is 0 Å². The fourth-order valence-electron chi connectivity index (χ4n) is 4.00. The summed E-state index contributed by atoms with van der Waals surface area (Å²) < 4.78 is 13.1. The van der Waals surface area contributed by atoms with Gasteiger partial charge in [0.25, 0.3) is 11.5 Å². The van der Waals surface area contributed by atoms with E-state index in [0.29, 0.717) is 43.9 Å². The van der Waals surface area contributed by atoms with Gasteiger partial charge in [0.05, 0.1) is 41.3 Å². The van der Waals surface area contributed by atoms with Gasteiger partial charge < -0.3 is 14.4 Å². The number of rotatable bonds is 6. The van der Waals surface area contributed by atoms with Crippen LogP contribution in [0.1, 0.15) is 34.7 Å². The molecule has 7 nitrogen and oxygen atoms in total. The molecule has 0 fully saturated rings. The summed E-state index contributed by atoms with van der Waals surface area (Å²) in [6, 6.07) is 17.5. The molecule has 0 N–H and O–H groups in total. The number of aryl methyl sites for hydroxylation is 1. The van der Waals surface area contributed by atoms with E-state index >= 15 is 0 Å². The van der Waals surface area contributed by atoms with Crippen LogP contribution in [-0.2, 0) is 0 Å². The van der Waals surface area contributed by atoms with Gasteiger partial charge >= 0.3 is 0 Å². The molecule has 0 saturated carbocycles. The summed E-state index contributed by atoms with van der Waals surface area (Å²) in [5.74, 6) is 1.27. The Bertz CT molecular complexity index is 1480. The van der Waals surface area contributed by atoms with Crippen molar-refractivity contribution in [2.24, 2.45) is 0 Å². The first-order valence-corrected chi connectivity index (χ1v) is 11.8. The van der Waals surface area contributed by atoms with E-state index in [1.54, 1.807) is 62.6 Å². The molecule has 4 aromatic rings. The first-order valence-electron chi connectivity index (χ1n) is 11.0. The largest absolute Gasteiger partial charge is 0.497 e. The maximum atomic E-state index is 13.8. The summed E-state index contributed by atoms with van der Waals surface area (Å²) in [7, 11) is 4.81. The van der Waals surface area contributed by atoms with Crippen molar-refractivity contribution in [3.63, 3.8) is 0 Å². The summed E-state index contributed by atoms with van der Waals surface area (Å²) in [6.07, 6.45) is 0. The molecule has 0 bridgehead atoms. The van der Waals surface area contributed by atoms with Gasteiger partial charge in [-0.3, -0.25) is 14.2 Å². The van der Waals surface area contributed by atoms with Crippen molar-refractivity contribution in [2.45, 2.75) is 19.9 Å². The van der Waals surface area contributed by atoms with Gasteiger partial charge in [0, 0.05) is 24.7 Å². The Balaban J connectivity index is 1.97. The molecule has 0 aliphatic rings. The van der Waals surface area contributed by atoms with Gasteiger partial charge in [0.15, 0.2) is 0 Å². The number of halogens is 1. The second-order valence-electron chi connectivity index (χ2n) is 8.20. The van der Waals surface area contributed by atoms with E-state index < -0.39 is 6.04 Å². The molecule has 0 radical (unpaired) electrons. The van der Waals surface area contributed by atoms with E-state index in [4.69, 9.17) is 14.5 Å². The highest BCUT2D eigenvalue weighted by molar-refractivity contribution is 9.10. The van der Waals surface area contributed by atoms with Crippen molar-refractivity contribution < 1.29 is 14.3 Å². The normalized spacial score (nSPS) is 11.8. The van der Waals surface area contributed by atoms with Gasteiger partial charge in [-0.05, 0) is 53.5 Å². The topological polar surface area (TPSA) is 73.7 Å². The van der Waals surface area contributed by atoms with Crippen molar-refractivity contribution >= 4 is 32.7 Å². The summed E-state index contributed by atoms with van der Waals surface area (Å²) in [4.78, 5) is 33.7. The summed E-state index contributed by atoms with van der Waals surface area (Å²) in [5.41, 5.74) is 2.27. The minimum Gasteiger partial charge on any atom is -0.497 e. The van der Waals surface area contributed by atoms with Crippen LogP contribution in [0.15, 0.2) is 69.9 Å². The number of carbonyl (C=O) groups excluding carboxylic acids is 1. The SMILES string of the molecule is COc1cc(OC)c(Br)c(-n2c(C(C)N(C)C(=O)c3ccccc3C)nc3ccccc3c2=O)c1. The number of ether oxygens (including phenoxy) is 2. The molecule has 0 aliphatic carbocycles. The molecule has 0 aliphatic heterocycles. The van der Waals surface area contributed by atoms with Gasteiger partial charge in [-0.15, -0.1) is 0 Å². The number of fused-ring (bicyclic) bond motifs is 1. The van der Waals surface area contributed by atoms with Crippen LogP contribution in [0.2, 0.25) is 0 Å². The van der Waals surface area contributed by atoms with Crippen LogP contribution in [0.3, 0.4) is 0 Å². The van der Waals surface area contributed by atoms with Crippen LogP contribution in [0.5, 0.6) is 11.5 Å². The number of carbonyl (C=O) groups is 1. The van der Waals surface area contributed by atoms with E-state index in [-0.39, 0.29) is 11.5 Å². The predicted molar refractivity (Wildman–Crippen MR) is 140 cm³/mol. The quantitative estimate of drug-likeness (QED) is 0.334. The molecule has 3 aromatic carbocycles. The Morgan fingerprint density at radius 2 is 1.74 bits per heavy atom. The van der Waals surface area contributed by atoms with E-state index in [2.05, 4.69) is 15.9 Å². The third-order valence-corrected chi connectivity index (χ3v) is 6.94. The van der Waals surface area contributed by atoms with Crippen LogP contribution in [0.25, 0.3) is 16.6 Å². The van der Waals surface area contributed by atoms with E-state index in [1.165, 1.54) is 4.57 Å². The monoisotopic (exact) mass is 535 g/mol. The number of para-hydroxylation sites is 1. The van der Waals surface area contributed by atoms with Crippen molar-refractivity contribution in [1.29, 1.82) is 0 Å². The molecule has 4 rings (SSSR count). The number of amides is 1. The first-order chi connectivity index (χ1) is 16.8. The highest BCUT2D eigenvalue weighted by Gasteiger charge is 2.27. The second-order valence-corrected chi connectivity index (χ2v) is 8.99. The standard InChI is InChI=1S/C27H26BrN3O4/c1-16-10-6-7-11-19(16)26(32)30(3)17(2)25-29-21-13-9-8-12-20(21)27(33)31(25)22-14-18(34-4)15-23(35-5)24(22)28/h6-15,17H,1-5H3. The Morgan fingerprint density at radius 1 is 1.06 bits per heavy atom. The van der Waals surface area contributed by atoms with Crippen LogP contribution in [0, 0.1) is 6.92 Å². The molecule has 1 amide bonds. The molecule has 0 saturated heterocycles. The number of aromatic nitrogens is 2. The molecule has 1 aromatic heterocycles. The highest BCUT2D eigenvalue weighted by atomic mass is 79.9. The maximum absolute atomic E-state index is 13.8. The number of hydrogen-bond acceptors (Lipinski definition) is 5. The van der Waals surface area contributed by atoms with Gasteiger partial charge in [-0.25, -0.2) is 4.98 Å². The van der Waals surface area contributed by atoms with Crippen molar-refractivity contribution in [3.05, 3.63) is 92.4 Å². The zero-order valence-electron chi connectivity index (χ0n) is 20.2. The number of hydrogen-bond donors (Lipinski definition) is 0. The third kappa shape index (κ3) is 4.41. The molecular weight excluding hydrogens is 510 g/mol. The Hall–Kier alpha value is -3.65. The first kappa shape index (κ1) is 24.5. The predicted octanol–water partition coefficient (Wildman–Crippen LogP) is 5.31. The Morgan fingerprint density at radius 3 is 2.43 bits per heavy atom. The lowest BCUT2D eigenvalue weighted by Gasteiger charge is -2.28. The van der Waals surface area contributed by atoms with Gasteiger partial charge in [-0.2, -0.15) is 0 Å². The molecule has 1 heterocycles. The average molecular weight is 536 g/mol. The van der Waals surface area contributed by atoms with Gasteiger partial charge in [0.1, 0.15) is 17.3 Å². The zero-order chi connectivity index (χ0) is 25.3. The van der Waals surface area contributed by atoms with E-state index in [0.717, 1.165) is 5.56 Å². The maximum Gasteiger partial charge on any atom is 0.266 e. The molecule has 180 valence electrons. The Labute approximate surface area is 212 Å². The number of benzene rings is 3. The molecule has 35 heavy (non-hydrogen) atoms. The van der Waals surface area contributed by atoms with E-state index in [1.807, 2.05) is 38.1 Å². The Kier molecular flexibility index (Phi) is 6.93. The summed E-state index contributed by atoms with van der Waals surface area (Å²) >= 11 is 3.59. The smallest absolute Gasteiger partial charge is 0.266 e. The molecular formula is C27H26BrN3O4. The zero-order valence-corrected chi connectivity index (χ0v) is 21.8. The fraction of sp³-hybridized carbons (Fsp3) is 0.222. The minimum atomic E-state index is -0.538. The third-order valence-electron chi connectivity index (χ3n) is 6.14. The lowest BCUT2D eigenvalue weighted by Crippen LogP contribution is -2.35. The van der Waals surface area contributed by atoms with E-state index in [9.17, 15) is 9.59 Å². The number of nitrogens with zero attached hydrogens (tertiary/aromatic N) is 3. The molecule has 1 atom stereocenters. The second kappa shape index (κ2) is 9.92. The van der Waals surface area contributed by atoms with Gasteiger partial charge in [-0.1, -0.05) is 30.3 Å². The van der Waals surface area contributed by atoms with Crippen LogP contribution >= 0.6 is 15.9 Å². The lowest BCUT2D eigenvalue weighted by molar-refractivity contribution is 0.0734. The average Bonchev–Trinajstić information content (AvgIpc) is 2.88. The minimum absolute atomic E-state index is 0.160. The van der Waals surface area contributed by atoms with Crippen LogP contribution in [-0.4, -0.2) is 41.6 Å².